The number of aryl methyl sites for hydroxylation is 1. The van der Waals surface area contributed by atoms with Crippen molar-refractivity contribution in [1.82, 2.24) is 9.88 Å². The molecule has 0 bridgehead atoms. The van der Waals surface area contributed by atoms with Crippen molar-refractivity contribution < 1.29 is 22.7 Å². The van der Waals surface area contributed by atoms with Gasteiger partial charge in [-0.3, -0.25) is 0 Å². The molecule has 1 aromatic heterocycles. The summed E-state index contributed by atoms with van der Waals surface area (Å²) in [7, 11) is 1.42. The molecule has 22 heavy (non-hydrogen) atoms. The molecular formula is C14H16F3N3O2. The Morgan fingerprint density at radius 3 is 2.73 bits per heavy atom. The number of aromatic nitrogens is 1. The number of urea groups is 1. The quantitative estimate of drug-likeness (QED) is 0.853. The van der Waals surface area contributed by atoms with Gasteiger partial charge < -0.3 is 15.0 Å². The fraction of sp³-hybridized carbons (Fsp3) is 0.429. The maximum absolute atomic E-state index is 12.5. The van der Waals surface area contributed by atoms with Crippen LogP contribution >= 0.6 is 0 Å². The van der Waals surface area contributed by atoms with Crippen molar-refractivity contribution in [2.24, 2.45) is 0 Å². The molecule has 2 heterocycles. The van der Waals surface area contributed by atoms with Crippen LogP contribution in [0.15, 0.2) is 23.9 Å². The monoisotopic (exact) mass is 315 g/mol. The summed E-state index contributed by atoms with van der Waals surface area (Å²) >= 11 is 0. The van der Waals surface area contributed by atoms with Gasteiger partial charge in [0.25, 0.3) is 0 Å². The van der Waals surface area contributed by atoms with Crippen molar-refractivity contribution in [3.63, 3.8) is 0 Å². The van der Waals surface area contributed by atoms with Crippen LogP contribution in [0.5, 0.6) is 5.88 Å². The largest absolute Gasteiger partial charge is 0.480 e. The number of ether oxygens (including phenoxy) is 1. The lowest BCUT2D eigenvalue weighted by molar-refractivity contribution is -0.0955. The minimum absolute atomic E-state index is 0.0126. The fourth-order valence-electron chi connectivity index (χ4n) is 2.11. The van der Waals surface area contributed by atoms with Crippen LogP contribution in [0, 0.1) is 6.92 Å². The second-order valence-corrected chi connectivity index (χ2v) is 4.92. The summed E-state index contributed by atoms with van der Waals surface area (Å²) in [6, 6.07) is 1.20. The Morgan fingerprint density at radius 1 is 1.45 bits per heavy atom. The van der Waals surface area contributed by atoms with Gasteiger partial charge in [0.05, 0.1) is 7.11 Å². The third kappa shape index (κ3) is 3.69. The van der Waals surface area contributed by atoms with Crippen LogP contribution in [-0.4, -0.2) is 42.3 Å². The first-order valence-electron chi connectivity index (χ1n) is 6.64. The van der Waals surface area contributed by atoms with Gasteiger partial charge in [0.2, 0.25) is 5.88 Å². The van der Waals surface area contributed by atoms with E-state index in [2.05, 4.69) is 10.3 Å². The van der Waals surface area contributed by atoms with Crippen LogP contribution < -0.4 is 10.1 Å². The summed E-state index contributed by atoms with van der Waals surface area (Å²) in [5.41, 5.74) is 0.624. The molecule has 0 spiro atoms. The van der Waals surface area contributed by atoms with Crippen molar-refractivity contribution in [3.8, 4) is 5.88 Å². The van der Waals surface area contributed by atoms with Gasteiger partial charge in [0, 0.05) is 24.9 Å². The fourth-order valence-corrected chi connectivity index (χ4v) is 2.11. The second kappa shape index (κ2) is 6.25. The highest BCUT2D eigenvalue weighted by molar-refractivity contribution is 5.90. The lowest BCUT2D eigenvalue weighted by Crippen LogP contribution is -2.39. The highest BCUT2D eigenvalue weighted by Crippen LogP contribution is 2.30. The van der Waals surface area contributed by atoms with Gasteiger partial charge in [0.1, 0.15) is 5.69 Å². The molecule has 0 saturated carbocycles. The molecule has 0 aliphatic carbocycles. The van der Waals surface area contributed by atoms with Gasteiger partial charge in [0.15, 0.2) is 0 Å². The SMILES string of the molecule is COc1ncc(C)cc1NC(=O)N1CC=C(C(F)(F)F)CC1. The van der Waals surface area contributed by atoms with Gasteiger partial charge in [-0.1, -0.05) is 6.08 Å². The third-order valence-electron chi connectivity index (χ3n) is 3.28. The minimum Gasteiger partial charge on any atom is -0.480 e. The zero-order valence-corrected chi connectivity index (χ0v) is 12.2. The van der Waals surface area contributed by atoms with Gasteiger partial charge in [-0.15, -0.1) is 0 Å². The molecule has 0 atom stereocenters. The van der Waals surface area contributed by atoms with E-state index in [1.54, 1.807) is 19.2 Å². The van der Waals surface area contributed by atoms with Crippen molar-refractivity contribution >= 4 is 11.7 Å². The standard InChI is InChI=1S/C14H16F3N3O2/c1-9-7-11(12(22-2)18-8-9)19-13(21)20-5-3-10(4-6-20)14(15,16)17/h3,7-8H,4-6H2,1-2H3,(H,19,21). The molecule has 2 rings (SSSR count). The Hall–Kier alpha value is -2.25. The Morgan fingerprint density at radius 2 is 2.18 bits per heavy atom. The van der Waals surface area contributed by atoms with E-state index >= 15 is 0 Å². The van der Waals surface area contributed by atoms with E-state index < -0.39 is 17.8 Å². The molecule has 1 aliphatic rings. The van der Waals surface area contributed by atoms with E-state index in [1.807, 2.05) is 0 Å². The van der Waals surface area contributed by atoms with Crippen molar-refractivity contribution in [3.05, 3.63) is 29.5 Å². The summed E-state index contributed by atoms with van der Waals surface area (Å²) in [4.78, 5) is 17.4. The Labute approximate surface area is 125 Å². The molecule has 1 N–H and O–H groups in total. The predicted octanol–water partition coefficient (Wildman–Crippen LogP) is 3.12. The highest BCUT2D eigenvalue weighted by atomic mass is 19.4. The average Bonchev–Trinajstić information content (AvgIpc) is 2.46. The Kier molecular flexibility index (Phi) is 4.58. The number of anilines is 1. The number of pyridine rings is 1. The first kappa shape index (κ1) is 16.1. The first-order chi connectivity index (χ1) is 10.3. The molecule has 5 nitrogen and oxygen atoms in total. The van der Waals surface area contributed by atoms with Crippen molar-refractivity contribution in [1.29, 1.82) is 0 Å². The summed E-state index contributed by atoms with van der Waals surface area (Å²) in [5, 5.41) is 2.61. The lowest BCUT2D eigenvalue weighted by Gasteiger charge is -2.27. The smallest absolute Gasteiger partial charge is 0.412 e. The molecule has 8 heteroatoms. The van der Waals surface area contributed by atoms with Crippen LogP contribution in [0.2, 0.25) is 0 Å². The van der Waals surface area contributed by atoms with Crippen molar-refractivity contribution in [2.45, 2.75) is 19.5 Å². The molecule has 120 valence electrons. The number of halogens is 3. The summed E-state index contributed by atoms with van der Waals surface area (Å²) in [6.45, 7) is 1.74. The molecule has 0 unspecified atom stereocenters. The number of amides is 2. The average molecular weight is 315 g/mol. The van der Waals surface area contributed by atoms with Gasteiger partial charge >= 0.3 is 12.2 Å². The number of carbonyl (C=O) groups excluding carboxylic acids is 1. The molecule has 1 aromatic rings. The van der Waals surface area contributed by atoms with E-state index in [4.69, 9.17) is 4.74 Å². The van der Waals surface area contributed by atoms with Crippen LogP contribution in [0.1, 0.15) is 12.0 Å². The van der Waals surface area contributed by atoms with E-state index in [-0.39, 0.29) is 25.4 Å². The van der Waals surface area contributed by atoms with Gasteiger partial charge in [-0.25, -0.2) is 9.78 Å². The van der Waals surface area contributed by atoms with E-state index in [0.717, 1.165) is 11.6 Å². The molecule has 0 aromatic carbocycles. The number of alkyl halides is 3. The number of nitrogens with zero attached hydrogens (tertiary/aromatic N) is 2. The van der Waals surface area contributed by atoms with Crippen LogP contribution in [-0.2, 0) is 0 Å². The summed E-state index contributed by atoms with van der Waals surface area (Å²) in [6.07, 6.45) is -1.91. The number of carbonyl (C=O) groups is 1. The van der Waals surface area contributed by atoms with Gasteiger partial charge in [-0.05, 0) is 25.0 Å². The van der Waals surface area contributed by atoms with Crippen LogP contribution in [0.25, 0.3) is 0 Å². The summed E-state index contributed by atoms with van der Waals surface area (Å²) < 4.78 is 42.7. The number of hydrogen-bond acceptors (Lipinski definition) is 3. The number of nitrogens with one attached hydrogen (secondary N) is 1. The van der Waals surface area contributed by atoms with Crippen LogP contribution in [0.3, 0.4) is 0 Å². The lowest BCUT2D eigenvalue weighted by atomic mass is 10.1. The molecule has 0 radical (unpaired) electrons. The van der Waals surface area contributed by atoms with E-state index in [0.29, 0.717) is 5.69 Å². The van der Waals surface area contributed by atoms with Crippen molar-refractivity contribution in [2.75, 3.05) is 25.5 Å². The molecule has 0 saturated heterocycles. The number of methoxy groups -OCH3 is 1. The summed E-state index contributed by atoms with van der Waals surface area (Å²) in [5.74, 6) is 0.252. The number of rotatable bonds is 2. The van der Waals surface area contributed by atoms with Gasteiger partial charge in [-0.2, -0.15) is 13.2 Å². The van der Waals surface area contributed by atoms with E-state index in [9.17, 15) is 18.0 Å². The van der Waals surface area contributed by atoms with Crippen LogP contribution in [0.4, 0.5) is 23.7 Å². The Balaban J connectivity index is 2.06. The maximum Gasteiger partial charge on any atom is 0.412 e. The highest BCUT2D eigenvalue weighted by Gasteiger charge is 2.35. The van der Waals surface area contributed by atoms with E-state index in [1.165, 1.54) is 12.0 Å². The molecule has 1 aliphatic heterocycles. The zero-order valence-electron chi connectivity index (χ0n) is 12.2. The Bertz CT molecular complexity index is 599. The topological polar surface area (TPSA) is 54.5 Å². The third-order valence-corrected chi connectivity index (χ3v) is 3.28. The predicted molar refractivity (Wildman–Crippen MR) is 74.9 cm³/mol. The molecule has 0 fully saturated rings. The first-order valence-corrected chi connectivity index (χ1v) is 6.64. The minimum atomic E-state index is -4.33. The normalized spacial score (nSPS) is 15.3. The molecular weight excluding hydrogens is 299 g/mol. The molecule has 2 amide bonds. The maximum atomic E-state index is 12.5. The second-order valence-electron chi connectivity index (χ2n) is 4.92. The zero-order chi connectivity index (χ0) is 16.3. The number of hydrogen-bond donors (Lipinski definition) is 1.